The van der Waals surface area contributed by atoms with Gasteiger partial charge in [-0.2, -0.15) is 0 Å². The minimum absolute atomic E-state index is 0.0237. The maximum Gasteiger partial charge on any atom is 0.310 e. The second-order valence-corrected chi connectivity index (χ2v) is 11.2. The van der Waals surface area contributed by atoms with Crippen molar-refractivity contribution < 1.29 is 19.1 Å². The van der Waals surface area contributed by atoms with Crippen molar-refractivity contribution in [2.45, 2.75) is 81.7 Å². The third-order valence-electron chi connectivity index (χ3n) is 5.90. The van der Waals surface area contributed by atoms with Gasteiger partial charge in [0.15, 0.2) is 5.60 Å². The minimum atomic E-state index is -1.70. The number of allylic oxidation sites excluding steroid dienone is 2. The number of alkyl halides is 3. The van der Waals surface area contributed by atoms with Gasteiger partial charge in [-0.25, -0.2) is 0 Å². The van der Waals surface area contributed by atoms with Crippen LogP contribution >= 0.6 is 34.8 Å². The zero-order chi connectivity index (χ0) is 21.3. The van der Waals surface area contributed by atoms with E-state index in [4.69, 9.17) is 44.3 Å². The monoisotopic (exact) mass is 452 g/mol. The smallest absolute Gasteiger partial charge is 0.310 e. The lowest BCUT2D eigenvalue weighted by Gasteiger charge is -2.44. The van der Waals surface area contributed by atoms with Gasteiger partial charge in [0, 0.05) is 0 Å². The van der Waals surface area contributed by atoms with E-state index in [0.717, 1.165) is 6.42 Å². The number of hydrogen-bond donors (Lipinski definition) is 0. The topological polar surface area (TPSA) is 52.6 Å². The number of esters is 2. The summed E-state index contributed by atoms with van der Waals surface area (Å²) in [5, 5.41) is 0. The van der Waals surface area contributed by atoms with E-state index in [-0.39, 0.29) is 35.6 Å². The first kappa shape index (κ1) is 23.8. The summed E-state index contributed by atoms with van der Waals surface area (Å²) in [5.74, 6) is -1.11. The van der Waals surface area contributed by atoms with Crippen molar-refractivity contribution >= 4 is 46.7 Å². The molecule has 0 spiro atoms. The van der Waals surface area contributed by atoms with Crippen LogP contribution in [0.1, 0.15) is 66.7 Å². The van der Waals surface area contributed by atoms with E-state index in [2.05, 4.69) is 6.08 Å². The van der Waals surface area contributed by atoms with E-state index in [9.17, 15) is 9.59 Å². The van der Waals surface area contributed by atoms with Crippen LogP contribution in [-0.4, -0.2) is 26.9 Å². The predicted molar refractivity (Wildman–Crippen MR) is 112 cm³/mol. The molecule has 4 nitrogen and oxygen atoms in total. The highest BCUT2D eigenvalue weighted by molar-refractivity contribution is 6.68. The molecule has 0 saturated heterocycles. The molecule has 7 heteroatoms. The molecule has 1 fully saturated rings. The first-order valence-electron chi connectivity index (χ1n) is 10.0. The highest BCUT2D eigenvalue weighted by Gasteiger charge is 2.52. The van der Waals surface area contributed by atoms with E-state index < -0.39 is 15.0 Å². The van der Waals surface area contributed by atoms with E-state index in [1.807, 2.05) is 40.7 Å². The summed E-state index contributed by atoms with van der Waals surface area (Å²) in [6.07, 6.45) is 6.83. The van der Waals surface area contributed by atoms with Crippen molar-refractivity contribution in [2.24, 2.45) is 23.7 Å². The van der Waals surface area contributed by atoms with Gasteiger partial charge in [0.2, 0.25) is 3.79 Å². The molecule has 4 unspecified atom stereocenters. The quantitative estimate of drug-likeness (QED) is 0.290. The molecule has 0 aromatic heterocycles. The molecule has 2 aliphatic carbocycles. The zero-order valence-corrected chi connectivity index (χ0v) is 19.5. The predicted octanol–water partition coefficient (Wildman–Crippen LogP) is 6.02. The number of rotatable bonds is 5. The van der Waals surface area contributed by atoms with Crippen LogP contribution < -0.4 is 0 Å². The molecule has 0 aromatic rings. The Morgan fingerprint density at radius 2 is 1.61 bits per heavy atom. The molecular weight excluding hydrogens is 423 g/mol. The molecule has 0 aliphatic heterocycles. The van der Waals surface area contributed by atoms with Gasteiger partial charge in [-0.15, -0.1) is 0 Å². The van der Waals surface area contributed by atoms with Gasteiger partial charge in [0.1, 0.15) is 5.60 Å². The second kappa shape index (κ2) is 8.73. The van der Waals surface area contributed by atoms with Gasteiger partial charge >= 0.3 is 11.9 Å². The van der Waals surface area contributed by atoms with Crippen LogP contribution in [0.2, 0.25) is 0 Å². The number of hydrogen-bond acceptors (Lipinski definition) is 4. The van der Waals surface area contributed by atoms with Crippen molar-refractivity contribution in [3.05, 3.63) is 12.2 Å². The summed E-state index contributed by atoms with van der Waals surface area (Å²) in [4.78, 5) is 25.7. The highest BCUT2D eigenvalue weighted by Crippen LogP contribution is 2.49. The average Bonchev–Trinajstić information content (AvgIpc) is 2.55. The van der Waals surface area contributed by atoms with Crippen LogP contribution in [0, 0.1) is 23.7 Å². The van der Waals surface area contributed by atoms with E-state index in [1.54, 1.807) is 0 Å². The van der Waals surface area contributed by atoms with Gasteiger partial charge in [-0.05, 0) is 64.7 Å². The molecule has 1 saturated carbocycles. The molecule has 2 bridgehead atoms. The zero-order valence-electron chi connectivity index (χ0n) is 17.3. The molecule has 0 heterocycles. The van der Waals surface area contributed by atoms with Crippen molar-refractivity contribution in [2.75, 3.05) is 0 Å². The van der Waals surface area contributed by atoms with Crippen molar-refractivity contribution in [3.63, 3.8) is 0 Å². The number of carbonyl (C=O) groups excluding carboxylic acids is 2. The Balaban J connectivity index is 2.17. The molecule has 0 radical (unpaired) electrons. The van der Waals surface area contributed by atoms with Gasteiger partial charge in [0.05, 0.1) is 11.8 Å². The SMILES string of the molecule is CCC(CC)(OC(=O)C1C2C=CCC1CC(C(=O)OC(C)(C)C)C2)C(Cl)(Cl)Cl. The normalized spacial score (nSPS) is 28.0. The van der Waals surface area contributed by atoms with Gasteiger partial charge in [-0.3, -0.25) is 9.59 Å². The van der Waals surface area contributed by atoms with Crippen LogP contribution in [0.4, 0.5) is 0 Å². The average molecular weight is 454 g/mol. The number of fused-ring (bicyclic) bond motifs is 2. The lowest BCUT2D eigenvalue weighted by atomic mass is 9.64. The number of halogens is 3. The fourth-order valence-electron chi connectivity index (χ4n) is 4.36. The Labute approximate surface area is 183 Å². The van der Waals surface area contributed by atoms with Crippen LogP contribution in [-0.2, 0) is 19.1 Å². The fourth-order valence-corrected chi connectivity index (χ4v) is 5.28. The Morgan fingerprint density at radius 1 is 1.00 bits per heavy atom. The molecule has 4 atom stereocenters. The Kier molecular flexibility index (Phi) is 7.43. The number of ether oxygens (including phenoxy) is 2. The van der Waals surface area contributed by atoms with E-state index >= 15 is 0 Å². The molecule has 0 amide bonds. The Morgan fingerprint density at radius 3 is 2.07 bits per heavy atom. The minimum Gasteiger partial charge on any atom is -0.460 e. The maximum atomic E-state index is 13.1. The van der Waals surface area contributed by atoms with Crippen LogP contribution in [0.25, 0.3) is 0 Å². The third kappa shape index (κ3) is 5.17. The Hall–Kier alpha value is -0.450. The third-order valence-corrected chi connectivity index (χ3v) is 6.94. The summed E-state index contributed by atoms with van der Waals surface area (Å²) in [6.45, 7) is 9.28. The summed E-state index contributed by atoms with van der Waals surface area (Å²) in [5.41, 5.74) is -1.68. The fraction of sp³-hybridized carbons (Fsp3) is 0.810. The van der Waals surface area contributed by atoms with Gasteiger partial charge in [0.25, 0.3) is 0 Å². The van der Waals surface area contributed by atoms with Crippen molar-refractivity contribution in [3.8, 4) is 0 Å². The summed E-state index contributed by atoms with van der Waals surface area (Å²) in [6, 6.07) is 0. The second-order valence-electron chi connectivity index (χ2n) is 8.94. The molecular formula is C21H31Cl3O4. The highest BCUT2D eigenvalue weighted by atomic mass is 35.6. The van der Waals surface area contributed by atoms with E-state index in [0.29, 0.717) is 25.7 Å². The molecule has 160 valence electrons. The van der Waals surface area contributed by atoms with Crippen molar-refractivity contribution in [1.82, 2.24) is 0 Å². The standard InChI is InChI=1S/C21H31Cl3O4/c1-6-20(7-2,21(22,23)24)28-18(26)16-13-9-8-10-14(16)12-15(11-13)17(25)27-19(3,4)5/h8-9,13-16H,6-7,10-12H2,1-5H3. The lowest BCUT2D eigenvalue weighted by Crippen LogP contribution is -2.50. The molecule has 0 aromatic carbocycles. The summed E-state index contributed by atoms with van der Waals surface area (Å²) < 4.78 is 9.73. The summed E-state index contributed by atoms with van der Waals surface area (Å²) >= 11 is 18.5. The first-order chi connectivity index (χ1) is 12.8. The molecule has 0 N–H and O–H groups in total. The van der Waals surface area contributed by atoms with Crippen LogP contribution in [0.5, 0.6) is 0 Å². The molecule has 28 heavy (non-hydrogen) atoms. The molecule has 2 aliphatic rings. The van der Waals surface area contributed by atoms with Crippen molar-refractivity contribution in [1.29, 1.82) is 0 Å². The first-order valence-corrected chi connectivity index (χ1v) is 11.2. The Bertz CT molecular complexity index is 614. The summed E-state index contributed by atoms with van der Waals surface area (Å²) in [7, 11) is 0. The molecule has 2 rings (SSSR count). The van der Waals surface area contributed by atoms with Gasteiger partial charge in [-0.1, -0.05) is 60.8 Å². The van der Waals surface area contributed by atoms with Gasteiger partial charge < -0.3 is 9.47 Å². The largest absolute Gasteiger partial charge is 0.460 e. The van der Waals surface area contributed by atoms with Crippen LogP contribution in [0.15, 0.2) is 12.2 Å². The maximum absolute atomic E-state index is 13.1. The van der Waals surface area contributed by atoms with Crippen LogP contribution in [0.3, 0.4) is 0 Å². The number of carbonyl (C=O) groups is 2. The van der Waals surface area contributed by atoms with E-state index in [1.165, 1.54) is 0 Å². The lowest BCUT2D eigenvalue weighted by molar-refractivity contribution is -0.176.